The maximum absolute atomic E-state index is 4.10. The molecule has 1 rings (SSSR count). The minimum Gasteiger partial charge on any atom is -0.317 e. The molecule has 0 spiro atoms. The zero-order chi connectivity index (χ0) is 11.3. The Bertz CT molecular complexity index is 316. The molecule has 0 aliphatic carbocycles. The van der Waals surface area contributed by atoms with Crippen LogP contribution in [0.15, 0.2) is 12.7 Å². The normalized spacial score (nSPS) is 12.7. The molecule has 1 atom stereocenters. The highest BCUT2D eigenvalue weighted by Crippen LogP contribution is 2.00. The van der Waals surface area contributed by atoms with Gasteiger partial charge in [-0.05, 0) is 26.7 Å². The maximum Gasteiger partial charge on any atom is 0.146 e. The predicted molar refractivity (Wildman–Crippen MR) is 61.5 cm³/mol. The van der Waals surface area contributed by atoms with E-state index < -0.39 is 0 Å². The van der Waals surface area contributed by atoms with Gasteiger partial charge in [-0.3, -0.25) is 0 Å². The van der Waals surface area contributed by atoms with Crippen molar-refractivity contribution in [2.75, 3.05) is 0 Å². The van der Waals surface area contributed by atoms with Gasteiger partial charge in [0.05, 0.1) is 6.54 Å². The van der Waals surface area contributed by atoms with Crippen molar-refractivity contribution in [3.05, 3.63) is 24.3 Å². The van der Waals surface area contributed by atoms with Crippen LogP contribution in [0.1, 0.15) is 31.4 Å². The highest BCUT2D eigenvalue weighted by atomic mass is 15.3. The van der Waals surface area contributed by atoms with Gasteiger partial charge >= 0.3 is 0 Å². The Hall–Kier alpha value is -1.16. The fraction of sp³-hybridized carbons (Fsp3) is 0.636. The monoisotopic (exact) mass is 208 g/mol. The van der Waals surface area contributed by atoms with E-state index in [2.05, 4.69) is 29.0 Å². The summed E-state index contributed by atoms with van der Waals surface area (Å²) >= 11 is 0. The van der Waals surface area contributed by atoms with E-state index in [0.717, 1.165) is 31.0 Å². The van der Waals surface area contributed by atoms with Crippen molar-refractivity contribution in [2.24, 2.45) is 7.05 Å². The zero-order valence-electron chi connectivity index (χ0n) is 9.82. The molecule has 0 aliphatic heterocycles. The average molecular weight is 208 g/mol. The van der Waals surface area contributed by atoms with Crippen LogP contribution < -0.4 is 5.32 Å². The number of aromatic nitrogens is 3. The summed E-state index contributed by atoms with van der Waals surface area (Å²) in [5, 5.41) is 11.5. The molecule has 0 saturated carbocycles. The van der Waals surface area contributed by atoms with Crippen LogP contribution in [-0.4, -0.2) is 20.8 Å². The van der Waals surface area contributed by atoms with Gasteiger partial charge in [0.25, 0.3) is 0 Å². The molecule has 1 unspecified atom stereocenters. The van der Waals surface area contributed by atoms with Crippen molar-refractivity contribution in [1.82, 2.24) is 20.1 Å². The van der Waals surface area contributed by atoms with Gasteiger partial charge in [0.1, 0.15) is 11.6 Å². The number of nitrogens with one attached hydrogen (secondary N) is 1. The van der Waals surface area contributed by atoms with Gasteiger partial charge in [-0.15, -0.1) is 16.8 Å². The Kier molecular flexibility index (Phi) is 4.49. The standard InChI is InChI=1S/C11H20N4/c1-5-6-7-9(2)12-8-11-14-13-10(3)15(11)4/h5,9,12H,1,6-8H2,2-4H3. The number of aryl methyl sites for hydroxylation is 1. The van der Waals surface area contributed by atoms with Crippen LogP contribution in [0.5, 0.6) is 0 Å². The number of rotatable bonds is 6. The van der Waals surface area contributed by atoms with Crippen molar-refractivity contribution in [2.45, 2.75) is 39.3 Å². The lowest BCUT2D eigenvalue weighted by atomic mass is 10.2. The van der Waals surface area contributed by atoms with Gasteiger partial charge in [-0.1, -0.05) is 6.08 Å². The Morgan fingerprint density at radius 2 is 2.27 bits per heavy atom. The SMILES string of the molecule is C=CCCC(C)NCc1nnc(C)n1C. The van der Waals surface area contributed by atoms with Gasteiger partial charge in [-0.25, -0.2) is 0 Å². The van der Waals surface area contributed by atoms with Crippen molar-refractivity contribution < 1.29 is 0 Å². The lowest BCUT2D eigenvalue weighted by Gasteiger charge is -2.11. The molecule has 84 valence electrons. The molecule has 0 aliphatic rings. The van der Waals surface area contributed by atoms with Crippen LogP contribution in [0.25, 0.3) is 0 Å². The first kappa shape index (κ1) is 11.9. The van der Waals surface area contributed by atoms with Crippen LogP contribution >= 0.6 is 0 Å². The molecule has 0 bridgehead atoms. The van der Waals surface area contributed by atoms with Crippen molar-refractivity contribution >= 4 is 0 Å². The van der Waals surface area contributed by atoms with Crippen LogP contribution in [0.3, 0.4) is 0 Å². The van der Waals surface area contributed by atoms with E-state index in [1.165, 1.54) is 0 Å². The lowest BCUT2D eigenvalue weighted by Crippen LogP contribution is -2.26. The van der Waals surface area contributed by atoms with Gasteiger partial charge in [0.15, 0.2) is 0 Å². The van der Waals surface area contributed by atoms with Crippen LogP contribution in [0, 0.1) is 6.92 Å². The molecule has 1 aromatic rings. The second kappa shape index (κ2) is 5.66. The van der Waals surface area contributed by atoms with Crippen molar-refractivity contribution in [1.29, 1.82) is 0 Å². The minimum absolute atomic E-state index is 0.486. The van der Waals surface area contributed by atoms with E-state index in [1.807, 2.05) is 24.6 Å². The summed E-state index contributed by atoms with van der Waals surface area (Å²) in [4.78, 5) is 0. The second-order valence-corrected chi connectivity index (χ2v) is 3.87. The molecule has 1 N–H and O–H groups in total. The molecule has 0 fully saturated rings. The van der Waals surface area contributed by atoms with Crippen molar-refractivity contribution in [3.8, 4) is 0 Å². The molecule has 0 radical (unpaired) electrons. The molecule has 0 amide bonds. The quantitative estimate of drug-likeness (QED) is 0.722. The largest absolute Gasteiger partial charge is 0.317 e. The van der Waals surface area contributed by atoms with Gasteiger partial charge < -0.3 is 9.88 Å². The first-order valence-electron chi connectivity index (χ1n) is 5.34. The minimum atomic E-state index is 0.486. The van der Waals surface area contributed by atoms with Gasteiger partial charge in [-0.2, -0.15) is 0 Å². The average Bonchev–Trinajstić information content (AvgIpc) is 2.54. The molecular formula is C11H20N4. The molecule has 0 saturated heterocycles. The van der Waals surface area contributed by atoms with Crippen LogP contribution in [0.2, 0.25) is 0 Å². The third-order valence-electron chi connectivity index (χ3n) is 2.60. The van der Waals surface area contributed by atoms with Gasteiger partial charge in [0.2, 0.25) is 0 Å². The van der Waals surface area contributed by atoms with E-state index in [-0.39, 0.29) is 0 Å². The summed E-state index contributed by atoms with van der Waals surface area (Å²) in [6.45, 7) is 8.62. The maximum atomic E-state index is 4.10. The molecule has 1 aromatic heterocycles. The first-order valence-corrected chi connectivity index (χ1v) is 5.34. The van der Waals surface area contributed by atoms with E-state index >= 15 is 0 Å². The Morgan fingerprint density at radius 1 is 1.53 bits per heavy atom. The van der Waals surface area contributed by atoms with E-state index in [9.17, 15) is 0 Å². The first-order chi connectivity index (χ1) is 7.15. The summed E-state index contributed by atoms with van der Waals surface area (Å²) in [6, 6.07) is 0.486. The van der Waals surface area contributed by atoms with E-state index in [4.69, 9.17) is 0 Å². The van der Waals surface area contributed by atoms with Crippen molar-refractivity contribution in [3.63, 3.8) is 0 Å². The fourth-order valence-electron chi connectivity index (χ4n) is 1.34. The smallest absolute Gasteiger partial charge is 0.146 e. The zero-order valence-corrected chi connectivity index (χ0v) is 9.82. The molecule has 4 heteroatoms. The molecular weight excluding hydrogens is 188 g/mol. The van der Waals surface area contributed by atoms with E-state index in [0.29, 0.717) is 6.04 Å². The summed E-state index contributed by atoms with van der Waals surface area (Å²) in [6.07, 6.45) is 4.11. The molecule has 4 nitrogen and oxygen atoms in total. The molecule has 15 heavy (non-hydrogen) atoms. The molecule has 0 aromatic carbocycles. The summed E-state index contributed by atoms with van der Waals surface area (Å²) in [7, 11) is 1.99. The summed E-state index contributed by atoms with van der Waals surface area (Å²) < 4.78 is 2.01. The number of hydrogen-bond donors (Lipinski definition) is 1. The Balaban J connectivity index is 2.36. The van der Waals surface area contributed by atoms with E-state index in [1.54, 1.807) is 0 Å². The second-order valence-electron chi connectivity index (χ2n) is 3.87. The van der Waals surface area contributed by atoms with Crippen LogP contribution in [0.4, 0.5) is 0 Å². The lowest BCUT2D eigenvalue weighted by molar-refractivity contribution is 0.501. The number of nitrogens with zero attached hydrogens (tertiary/aromatic N) is 3. The number of hydrogen-bond acceptors (Lipinski definition) is 3. The Labute approximate surface area is 91.4 Å². The Morgan fingerprint density at radius 3 is 2.80 bits per heavy atom. The fourth-order valence-corrected chi connectivity index (χ4v) is 1.34. The topological polar surface area (TPSA) is 42.7 Å². The van der Waals surface area contributed by atoms with Crippen LogP contribution in [-0.2, 0) is 13.6 Å². The third kappa shape index (κ3) is 3.47. The highest BCUT2D eigenvalue weighted by Gasteiger charge is 2.06. The predicted octanol–water partition coefficient (Wildman–Crippen LogP) is 1.57. The highest BCUT2D eigenvalue weighted by molar-refractivity contribution is 4.92. The number of allylic oxidation sites excluding steroid dienone is 1. The van der Waals surface area contributed by atoms with Gasteiger partial charge in [0, 0.05) is 13.1 Å². The summed E-state index contributed by atoms with van der Waals surface area (Å²) in [5.41, 5.74) is 0. The third-order valence-corrected chi connectivity index (χ3v) is 2.60. The molecule has 1 heterocycles. The summed E-state index contributed by atoms with van der Waals surface area (Å²) in [5.74, 6) is 1.93.